The van der Waals surface area contributed by atoms with Crippen LogP contribution >= 0.6 is 0 Å². The van der Waals surface area contributed by atoms with Gasteiger partial charge in [-0.05, 0) is 13.0 Å². The van der Waals surface area contributed by atoms with Gasteiger partial charge in [-0.1, -0.05) is 0 Å². The highest BCUT2D eigenvalue weighted by atomic mass is 16.6. The third-order valence-electron chi connectivity index (χ3n) is 1.14. The lowest BCUT2D eigenvalue weighted by Gasteiger charge is -1.83. The van der Waals surface area contributed by atoms with Crippen molar-refractivity contribution >= 4 is 0 Å². The monoisotopic (exact) mass is 114 g/mol. The highest BCUT2D eigenvalue weighted by molar-refractivity contribution is 5.12. The normalized spacial score (nSPS) is 30.2. The molecule has 1 heterocycles. The van der Waals surface area contributed by atoms with Crippen molar-refractivity contribution in [1.29, 1.82) is 0 Å². The summed E-state index contributed by atoms with van der Waals surface area (Å²) < 4.78 is 9.87. The predicted octanol–water partition coefficient (Wildman–Crippen LogP) is 0.935. The van der Waals surface area contributed by atoms with Gasteiger partial charge in [0.1, 0.15) is 5.76 Å². The van der Waals surface area contributed by atoms with Crippen LogP contribution in [0.2, 0.25) is 0 Å². The minimum Gasteiger partial charge on any atom is -0.481 e. The zero-order chi connectivity index (χ0) is 5.98. The minimum absolute atomic E-state index is 0.269. The maximum Gasteiger partial charge on any atom is 0.178 e. The molecule has 0 aliphatic carbocycles. The maximum atomic E-state index is 5.04. The number of epoxide rings is 1. The molecule has 0 bridgehead atoms. The lowest BCUT2D eigenvalue weighted by molar-refractivity contribution is 0.171. The molecule has 0 aromatic carbocycles. The molecule has 1 unspecified atom stereocenters. The van der Waals surface area contributed by atoms with Crippen LogP contribution in [0.15, 0.2) is 11.8 Å². The molecule has 0 aromatic rings. The molecule has 2 heteroatoms. The topological polar surface area (TPSA) is 21.8 Å². The van der Waals surface area contributed by atoms with Crippen molar-refractivity contribution in [3.05, 3.63) is 11.8 Å². The van der Waals surface area contributed by atoms with Crippen LogP contribution in [-0.4, -0.2) is 19.8 Å². The number of hydrogen-bond donors (Lipinski definition) is 0. The lowest BCUT2D eigenvalue weighted by Crippen LogP contribution is -1.94. The van der Waals surface area contributed by atoms with Gasteiger partial charge in [0.25, 0.3) is 0 Å². The summed E-state index contributed by atoms with van der Waals surface area (Å²) in [6.45, 7) is 2.66. The van der Waals surface area contributed by atoms with Crippen LogP contribution in [0.4, 0.5) is 0 Å². The van der Waals surface area contributed by atoms with E-state index in [-0.39, 0.29) is 6.10 Å². The Morgan fingerprint density at radius 1 is 1.88 bits per heavy atom. The molecule has 0 N–H and O–H groups in total. The molecule has 1 fully saturated rings. The molecule has 2 nitrogen and oxygen atoms in total. The summed E-state index contributed by atoms with van der Waals surface area (Å²) >= 11 is 0. The van der Waals surface area contributed by atoms with Crippen molar-refractivity contribution in [2.75, 3.05) is 13.7 Å². The van der Waals surface area contributed by atoms with E-state index in [1.807, 2.05) is 13.0 Å². The van der Waals surface area contributed by atoms with Gasteiger partial charge < -0.3 is 9.47 Å². The summed E-state index contributed by atoms with van der Waals surface area (Å²) in [5, 5.41) is 0. The van der Waals surface area contributed by atoms with Crippen molar-refractivity contribution in [2.24, 2.45) is 0 Å². The molecule has 1 rings (SSSR count). The Morgan fingerprint density at radius 3 is 3.00 bits per heavy atom. The quantitative estimate of drug-likeness (QED) is 0.498. The first-order chi connectivity index (χ1) is 3.88. The van der Waals surface area contributed by atoms with Crippen LogP contribution in [0.25, 0.3) is 0 Å². The van der Waals surface area contributed by atoms with Gasteiger partial charge in [-0.25, -0.2) is 0 Å². The average Bonchev–Trinajstić information content (AvgIpc) is 2.48. The molecule has 0 radical (unpaired) electrons. The lowest BCUT2D eigenvalue weighted by atomic mass is 10.4. The van der Waals surface area contributed by atoms with E-state index in [1.165, 1.54) is 0 Å². The summed E-state index contributed by atoms with van der Waals surface area (Å²) in [5.74, 6) is 1.06. The van der Waals surface area contributed by atoms with Gasteiger partial charge in [-0.2, -0.15) is 0 Å². The van der Waals surface area contributed by atoms with E-state index in [1.54, 1.807) is 7.11 Å². The van der Waals surface area contributed by atoms with Gasteiger partial charge in [-0.3, -0.25) is 0 Å². The second kappa shape index (κ2) is 2.18. The van der Waals surface area contributed by atoms with Crippen molar-refractivity contribution in [1.82, 2.24) is 0 Å². The minimum atomic E-state index is 0.269. The van der Waals surface area contributed by atoms with Crippen LogP contribution in [0.1, 0.15) is 6.92 Å². The van der Waals surface area contributed by atoms with Gasteiger partial charge >= 0.3 is 0 Å². The number of allylic oxidation sites excluding steroid dienone is 1. The summed E-state index contributed by atoms with van der Waals surface area (Å²) in [6, 6.07) is 0. The summed E-state index contributed by atoms with van der Waals surface area (Å²) in [5.41, 5.74) is 0. The standard InChI is InChI=1S/C6H10O2/c1-3-5-6(8-5)4-7-2/h3,6H,4H2,1-2H3. The molecule has 0 aromatic heterocycles. The van der Waals surface area contributed by atoms with E-state index < -0.39 is 0 Å². The van der Waals surface area contributed by atoms with E-state index >= 15 is 0 Å². The molecule has 1 aliphatic heterocycles. The SMILES string of the molecule is CC=C1OC1COC. The fourth-order valence-corrected chi connectivity index (χ4v) is 0.652. The zero-order valence-corrected chi connectivity index (χ0v) is 5.18. The molecule has 0 amide bonds. The largest absolute Gasteiger partial charge is 0.481 e. The van der Waals surface area contributed by atoms with Crippen molar-refractivity contribution in [3.63, 3.8) is 0 Å². The fraction of sp³-hybridized carbons (Fsp3) is 0.667. The predicted molar refractivity (Wildman–Crippen MR) is 30.5 cm³/mol. The second-order valence-corrected chi connectivity index (χ2v) is 1.75. The van der Waals surface area contributed by atoms with Crippen molar-refractivity contribution < 1.29 is 9.47 Å². The summed E-state index contributed by atoms with van der Waals surface area (Å²) in [4.78, 5) is 0. The number of methoxy groups -OCH3 is 1. The van der Waals surface area contributed by atoms with Crippen molar-refractivity contribution in [2.45, 2.75) is 13.0 Å². The molecule has 1 atom stereocenters. The smallest absolute Gasteiger partial charge is 0.178 e. The molecule has 1 aliphatic rings. The average molecular weight is 114 g/mol. The Labute approximate surface area is 49.1 Å². The van der Waals surface area contributed by atoms with Crippen LogP contribution in [0.5, 0.6) is 0 Å². The van der Waals surface area contributed by atoms with Gasteiger partial charge in [0, 0.05) is 7.11 Å². The Hall–Kier alpha value is -0.500. The Morgan fingerprint density at radius 2 is 2.62 bits per heavy atom. The third kappa shape index (κ3) is 1.01. The van der Waals surface area contributed by atoms with E-state index in [0.717, 1.165) is 5.76 Å². The summed E-state index contributed by atoms with van der Waals surface area (Å²) in [6.07, 6.45) is 2.23. The van der Waals surface area contributed by atoms with E-state index in [9.17, 15) is 0 Å². The van der Waals surface area contributed by atoms with E-state index in [0.29, 0.717) is 6.61 Å². The van der Waals surface area contributed by atoms with E-state index in [2.05, 4.69) is 0 Å². The Kier molecular flexibility index (Phi) is 1.53. The molecule has 8 heavy (non-hydrogen) atoms. The van der Waals surface area contributed by atoms with Gasteiger partial charge in [0.15, 0.2) is 6.10 Å². The number of rotatable bonds is 2. The van der Waals surface area contributed by atoms with Gasteiger partial charge in [0.05, 0.1) is 6.61 Å². The third-order valence-corrected chi connectivity index (χ3v) is 1.14. The van der Waals surface area contributed by atoms with Crippen LogP contribution in [0.3, 0.4) is 0 Å². The zero-order valence-electron chi connectivity index (χ0n) is 5.18. The number of ether oxygens (including phenoxy) is 2. The molecule has 0 spiro atoms. The fourth-order valence-electron chi connectivity index (χ4n) is 0.652. The van der Waals surface area contributed by atoms with Gasteiger partial charge in [-0.15, -0.1) is 0 Å². The van der Waals surface area contributed by atoms with Crippen molar-refractivity contribution in [3.8, 4) is 0 Å². The molecule has 46 valence electrons. The molecule has 0 saturated carbocycles. The van der Waals surface area contributed by atoms with E-state index in [4.69, 9.17) is 9.47 Å². The Balaban J connectivity index is 2.17. The first-order valence-electron chi connectivity index (χ1n) is 2.70. The first kappa shape index (κ1) is 5.63. The molecular weight excluding hydrogens is 104 g/mol. The summed E-state index contributed by atoms with van der Waals surface area (Å²) in [7, 11) is 1.68. The van der Waals surface area contributed by atoms with Crippen LogP contribution in [0, 0.1) is 0 Å². The van der Waals surface area contributed by atoms with Crippen LogP contribution in [-0.2, 0) is 9.47 Å². The molecule has 1 saturated heterocycles. The highest BCUT2D eigenvalue weighted by Gasteiger charge is 2.30. The Bertz CT molecular complexity index is 107. The second-order valence-electron chi connectivity index (χ2n) is 1.75. The first-order valence-corrected chi connectivity index (χ1v) is 2.70. The molecular formula is C6H10O2. The number of hydrogen-bond acceptors (Lipinski definition) is 2. The maximum absolute atomic E-state index is 5.04. The van der Waals surface area contributed by atoms with Crippen LogP contribution < -0.4 is 0 Å². The highest BCUT2D eigenvalue weighted by Crippen LogP contribution is 2.25. The van der Waals surface area contributed by atoms with Gasteiger partial charge in [0.2, 0.25) is 0 Å².